The molecule has 3 rings (SSSR count). The Labute approximate surface area is 113 Å². The fourth-order valence-corrected chi connectivity index (χ4v) is 2.49. The first-order valence-electron chi connectivity index (χ1n) is 5.60. The van der Waals surface area contributed by atoms with Crippen LogP contribution in [0.3, 0.4) is 0 Å². The molecular weight excluding hydrogens is 298 g/mol. The molecule has 1 N–H and O–H groups in total. The molecule has 1 heterocycles. The van der Waals surface area contributed by atoms with Crippen molar-refractivity contribution in [3.8, 4) is 11.4 Å². The lowest BCUT2D eigenvalue weighted by atomic mass is 10.1. The minimum absolute atomic E-state index is 0.542. The van der Waals surface area contributed by atoms with Gasteiger partial charge in [0.25, 0.3) is 0 Å². The average Bonchev–Trinajstić information content (AvgIpc) is 3.06. The van der Waals surface area contributed by atoms with E-state index in [-0.39, 0.29) is 0 Å². The lowest BCUT2D eigenvalue weighted by molar-refractivity contribution is 0.735. The number of hydrogen-bond acceptors (Lipinski definition) is 2. The number of benzene rings is 1. The molecule has 3 nitrogen and oxygen atoms in total. The van der Waals surface area contributed by atoms with Gasteiger partial charge in [-0.15, -0.1) is 0 Å². The van der Waals surface area contributed by atoms with E-state index in [0.29, 0.717) is 6.04 Å². The monoisotopic (exact) mass is 309 g/mol. The third-order valence-corrected chi connectivity index (χ3v) is 4.21. The highest BCUT2D eigenvalue weighted by Crippen LogP contribution is 2.38. The molecular formula is C12H12BrN3S. The first kappa shape index (κ1) is 11.2. The van der Waals surface area contributed by atoms with Crippen LogP contribution in [0.1, 0.15) is 24.4 Å². The fraction of sp³-hybridized carbons (Fsp3) is 0.333. The minimum Gasteiger partial charge on any atom is -0.297 e. The Morgan fingerprint density at radius 2 is 2.24 bits per heavy atom. The van der Waals surface area contributed by atoms with Crippen molar-refractivity contribution in [3.63, 3.8) is 0 Å². The van der Waals surface area contributed by atoms with Gasteiger partial charge in [0, 0.05) is 16.1 Å². The zero-order valence-electron chi connectivity index (χ0n) is 9.40. The molecule has 1 aromatic carbocycles. The van der Waals surface area contributed by atoms with Crippen molar-refractivity contribution in [1.29, 1.82) is 0 Å². The SMILES string of the molecule is Cc1cc(-c2n[nH]c(=S)n2C2CC2)ccc1Br. The van der Waals surface area contributed by atoms with Gasteiger partial charge >= 0.3 is 0 Å². The number of nitrogens with one attached hydrogen (secondary N) is 1. The Balaban J connectivity index is 2.14. The average molecular weight is 310 g/mol. The summed E-state index contributed by atoms with van der Waals surface area (Å²) in [6.45, 7) is 2.08. The summed E-state index contributed by atoms with van der Waals surface area (Å²) >= 11 is 8.79. The predicted molar refractivity (Wildman–Crippen MR) is 73.6 cm³/mol. The van der Waals surface area contributed by atoms with Crippen LogP contribution in [-0.2, 0) is 0 Å². The number of halogens is 1. The minimum atomic E-state index is 0.542. The van der Waals surface area contributed by atoms with Crippen LogP contribution in [0.2, 0.25) is 0 Å². The van der Waals surface area contributed by atoms with Gasteiger partial charge in [0.15, 0.2) is 10.6 Å². The predicted octanol–water partition coefficient (Wildman–Crippen LogP) is 4.01. The fourth-order valence-electron chi connectivity index (χ4n) is 1.96. The summed E-state index contributed by atoms with van der Waals surface area (Å²) in [5.41, 5.74) is 2.32. The van der Waals surface area contributed by atoms with Crippen molar-refractivity contribution in [1.82, 2.24) is 14.8 Å². The molecule has 0 spiro atoms. The van der Waals surface area contributed by atoms with Crippen molar-refractivity contribution in [2.45, 2.75) is 25.8 Å². The van der Waals surface area contributed by atoms with Gasteiger partial charge in [-0.05, 0) is 49.7 Å². The van der Waals surface area contributed by atoms with Crippen LogP contribution in [-0.4, -0.2) is 14.8 Å². The maximum atomic E-state index is 5.28. The summed E-state index contributed by atoms with van der Waals surface area (Å²) in [5, 5.41) is 7.24. The van der Waals surface area contributed by atoms with Crippen molar-refractivity contribution < 1.29 is 0 Å². The highest BCUT2D eigenvalue weighted by Gasteiger charge is 2.27. The Hall–Kier alpha value is -0.940. The number of nitrogens with zero attached hydrogens (tertiary/aromatic N) is 2. The largest absolute Gasteiger partial charge is 0.297 e. The van der Waals surface area contributed by atoms with E-state index in [1.165, 1.54) is 18.4 Å². The highest BCUT2D eigenvalue weighted by molar-refractivity contribution is 9.10. The summed E-state index contributed by atoms with van der Waals surface area (Å²) in [6, 6.07) is 6.80. The first-order valence-corrected chi connectivity index (χ1v) is 6.80. The molecule has 0 aliphatic heterocycles. The van der Waals surface area contributed by atoms with Crippen molar-refractivity contribution in [2.24, 2.45) is 0 Å². The molecule has 1 aromatic heterocycles. The van der Waals surface area contributed by atoms with Crippen molar-refractivity contribution >= 4 is 28.1 Å². The Morgan fingerprint density at radius 3 is 2.88 bits per heavy atom. The van der Waals surface area contributed by atoms with Crippen LogP contribution in [0.4, 0.5) is 0 Å². The van der Waals surface area contributed by atoms with Crippen molar-refractivity contribution in [3.05, 3.63) is 33.0 Å². The molecule has 1 aliphatic rings. The molecule has 0 bridgehead atoms. The van der Waals surface area contributed by atoms with Gasteiger partial charge < -0.3 is 0 Å². The van der Waals surface area contributed by atoms with E-state index in [1.807, 2.05) is 0 Å². The maximum absolute atomic E-state index is 5.28. The van der Waals surface area contributed by atoms with Crippen LogP contribution < -0.4 is 0 Å². The number of hydrogen-bond donors (Lipinski definition) is 1. The second-order valence-corrected chi connectivity index (χ2v) is 5.66. The van der Waals surface area contributed by atoms with E-state index in [0.717, 1.165) is 20.6 Å². The molecule has 1 saturated carbocycles. The van der Waals surface area contributed by atoms with Crippen LogP contribution in [0.15, 0.2) is 22.7 Å². The zero-order chi connectivity index (χ0) is 12.0. The number of aromatic amines is 1. The Bertz CT molecular complexity index is 625. The molecule has 2 aromatic rings. The highest BCUT2D eigenvalue weighted by atomic mass is 79.9. The Kier molecular flexibility index (Phi) is 2.67. The third kappa shape index (κ3) is 1.98. The van der Waals surface area contributed by atoms with E-state index in [1.54, 1.807) is 0 Å². The molecule has 0 atom stereocenters. The molecule has 0 saturated heterocycles. The molecule has 0 amide bonds. The van der Waals surface area contributed by atoms with Crippen LogP contribution >= 0.6 is 28.1 Å². The summed E-state index contributed by atoms with van der Waals surface area (Å²) in [7, 11) is 0. The second kappa shape index (κ2) is 4.07. The topological polar surface area (TPSA) is 33.6 Å². The summed E-state index contributed by atoms with van der Waals surface area (Å²) in [5.74, 6) is 0.952. The smallest absolute Gasteiger partial charge is 0.195 e. The summed E-state index contributed by atoms with van der Waals surface area (Å²) in [6.07, 6.45) is 2.41. The normalized spacial score (nSPS) is 15.2. The van der Waals surface area contributed by atoms with Crippen molar-refractivity contribution in [2.75, 3.05) is 0 Å². The lowest BCUT2D eigenvalue weighted by Gasteiger charge is -2.06. The van der Waals surface area contributed by atoms with Gasteiger partial charge in [-0.1, -0.05) is 22.0 Å². The standard InChI is InChI=1S/C12H12BrN3S/c1-7-6-8(2-5-10(7)13)11-14-15-12(17)16(11)9-3-4-9/h2,5-6,9H,3-4H2,1H3,(H,15,17). The number of rotatable bonds is 2. The third-order valence-electron chi connectivity index (χ3n) is 3.03. The van der Waals surface area contributed by atoms with Gasteiger partial charge in [0.1, 0.15) is 0 Å². The quantitative estimate of drug-likeness (QED) is 0.850. The van der Waals surface area contributed by atoms with Gasteiger partial charge in [0.2, 0.25) is 0 Å². The number of H-pyrrole nitrogens is 1. The molecule has 0 unspecified atom stereocenters. The second-order valence-electron chi connectivity index (χ2n) is 4.42. The van der Waals surface area contributed by atoms with Crippen LogP contribution in [0, 0.1) is 11.7 Å². The first-order chi connectivity index (χ1) is 8.16. The molecule has 1 aliphatic carbocycles. The molecule has 0 radical (unpaired) electrons. The Morgan fingerprint density at radius 1 is 1.47 bits per heavy atom. The van der Waals surface area contributed by atoms with Gasteiger partial charge in [-0.25, -0.2) is 0 Å². The van der Waals surface area contributed by atoms with Gasteiger partial charge in [-0.2, -0.15) is 5.10 Å². The van der Waals surface area contributed by atoms with E-state index >= 15 is 0 Å². The van der Waals surface area contributed by atoms with E-state index < -0.39 is 0 Å². The summed E-state index contributed by atoms with van der Waals surface area (Å²) in [4.78, 5) is 0. The van der Waals surface area contributed by atoms with Gasteiger partial charge in [-0.3, -0.25) is 9.67 Å². The molecule has 17 heavy (non-hydrogen) atoms. The zero-order valence-corrected chi connectivity index (χ0v) is 11.8. The molecule has 5 heteroatoms. The number of aromatic nitrogens is 3. The van der Waals surface area contributed by atoms with Crippen LogP contribution in [0.5, 0.6) is 0 Å². The molecule has 1 fully saturated rings. The summed E-state index contributed by atoms with van der Waals surface area (Å²) < 4.78 is 3.98. The van der Waals surface area contributed by atoms with E-state index in [2.05, 4.69) is 55.8 Å². The van der Waals surface area contributed by atoms with E-state index in [4.69, 9.17) is 12.2 Å². The van der Waals surface area contributed by atoms with Crippen LogP contribution in [0.25, 0.3) is 11.4 Å². The number of aryl methyl sites for hydroxylation is 1. The molecule has 88 valence electrons. The maximum Gasteiger partial charge on any atom is 0.195 e. The van der Waals surface area contributed by atoms with Gasteiger partial charge in [0.05, 0.1) is 0 Å². The van der Waals surface area contributed by atoms with E-state index in [9.17, 15) is 0 Å². The lowest BCUT2D eigenvalue weighted by Crippen LogP contribution is -1.97.